The van der Waals surface area contributed by atoms with E-state index in [4.69, 9.17) is 10.6 Å². The summed E-state index contributed by atoms with van der Waals surface area (Å²) >= 11 is 0. The minimum atomic E-state index is -0.245. The second-order valence-electron chi connectivity index (χ2n) is 5.72. The first kappa shape index (κ1) is 15.3. The number of rotatable bonds is 5. The van der Waals surface area contributed by atoms with Crippen molar-refractivity contribution in [2.75, 3.05) is 7.11 Å². The van der Waals surface area contributed by atoms with E-state index in [1.807, 2.05) is 0 Å². The van der Waals surface area contributed by atoms with E-state index in [-0.39, 0.29) is 11.9 Å². The number of nitrogens with one attached hydrogen (secondary N) is 1. The number of nitrogens with two attached hydrogens (primary N) is 1. The van der Waals surface area contributed by atoms with Crippen molar-refractivity contribution < 1.29 is 9.13 Å². The minimum Gasteiger partial charge on any atom is -0.497 e. The quantitative estimate of drug-likeness (QED) is 0.640. The van der Waals surface area contributed by atoms with Crippen LogP contribution in [0.3, 0.4) is 0 Å². The first-order valence-electron chi connectivity index (χ1n) is 7.49. The topological polar surface area (TPSA) is 47.3 Å². The van der Waals surface area contributed by atoms with E-state index < -0.39 is 0 Å². The number of benzene rings is 1. The third kappa shape index (κ3) is 3.30. The molecule has 0 amide bonds. The van der Waals surface area contributed by atoms with Crippen molar-refractivity contribution in [3.05, 3.63) is 29.6 Å². The number of halogens is 1. The Morgan fingerprint density at radius 3 is 2.55 bits per heavy atom. The molecule has 20 heavy (non-hydrogen) atoms. The summed E-state index contributed by atoms with van der Waals surface area (Å²) in [6.45, 7) is 2.24. The molecule has 1 atom stereocenters. The largest absolute Gasteiger partial charge is 0.497 e. The first-order chi connectivity index (χ1) is 9.69. The first-order valence-corrected chi connectivity index (χ1v) is 7.49. The molecule has 3 N–H and O–H groups in total. The van der Waals surface area contributed by atoms with E-state index in [9.17, 15) is 4.39 Å². The van der Waals surface area contributed by atoms with Gasteiger partial charge >= 0.3 is 0 Å². The van der Waals surface area contributed by atoms with Crippen molar-refractivity contribution in [3.63, 3.8) is 0 Å². The summed E-state index contributed by atoms with van der Waals surface area (Å²) in [5.41, 5.74) is 3.46. The predicted octanol–water partition coefficient (Wildman–Crippen LogP) is 3.56. The van der Waals surface area contributed by atoms with Crippen LogP contribution in [0.5, 0.6) is 5.75 Å². The Labute approximate surface area is 120 Å². The molecule has 1 fully saturated rings. The number of methoxy groups -OCH3 is 1. The average Bonchev–Trinajstić information content (AvgIpc) is 2.50. The lowest BCUT2D eigenvalue weighted by atomic mass is 9.76. The number of hydrazine groups is 1. The molecule has 1 aromatic carbocycles. The van der Waals surface area contributed by atoms with Crippen molar-refractivity contribution in [2.24, 2.45) is 17.7 Å². The highest BCUT2D eigenvalue weighted by Crippen LogP contribution is 2.38. The molecular weight excluding hydrogens is 255 g/mol. The van der Waals surface area contributed by atoms with E-state index in [0.717, 1.165) is 18.8 Å². The number of ether oxygens (including phenoxy) is 1. The molecule has 0 bridgehead atoms. The van der Waals surface area contributed by atoms with Crippen LogP contribution >= 0.6 is 0 Å². The van der Waals surface area contributed by atoms with Gasteiger partial charge in [-0.05, 0) is 30.7 Å². The molecule has 0 aliphatic heterocycles. The van der Waals surface area contributed by atoms with Crippen LogP contribution in [0.4, 0.5) is 4.39 Å². The summed E-state index contributed by atoms with van der Waals surface area (Å²) in [6.07, 6.45) is 5.90. The van der Waals surface area contributed by atoms with Gasteiger partial charge in [0.25, 0.3) is 0 Å². The summed E-state index contributed by atoms with van der Waals surface area (Å²) in [4.78, 5) is 0. The van der Waals surface area contributed by atoms with Crippen LogP contribution in [-0.2, 0) is 0 Å². The van der Waals surface area contributed by atoms with E-state index in [1.54, 1.807) is 19.2 Å². The molecule has 0 saturated heterocycles. The van der Waals surface area contributed by atoms with E-state index in [0.29, 0.717) is 17.2 Å². The van der Waals surface area contributed by atoms with E-state index in [2.05, 4.69) is 12.3 Å². The fraction of sp³-hybridized carbons (Fsp3) is 0.625. The van der Waals surface area contributed by atoms with Crippen LogP contribution in [0.2, 0.25) is 0 Å². The molecule has 4 heteroatoms. The van der Waals surface area contributed by atoms with Gasteiger partial charge in [-0.1, -0.05) is 32.3 Å². The minimum absolute atomic E-state index is 0.112. The molecule has 1 saturated carbocycles. The zero-order valence-electron chi connectivity index (χ0n) is 12.4. The highest BCUT2D eigenvalue weighted by atomic mass is 19.1. The Morgan fingerprint density at radius 2 is 2.05 bits per heavy atom. The van der Waals surface area contributed by atoms with Gasteiger partial charge in [-0.3, -0.25) is 11.3 Å². The Balaban J connectivity index is 2.12. The lowest BCUT2D eigenvalue weighted by molar-refractivity contribution is 0.216. The van der Waals surface area contributed by atoms with Crippen LogP contribution in [0, 0.1) is 17.7 Å². The fourth-order valence-corrected chi connectivity index (χ4v) is 3.30. The summed E-state index contributed by atoms with van der Waals surface area (Å²) in [7, 11) is 1.54. The van der Waals surface area contributed by atoms with Gasteiger partial charge < -0.3 is 4.74 Å². The third-order valence-electron chi connectivity index (χ3n) is 4.66. The lowest BCUT2D eigenvalue weighted by Crippen LogP contribution is -2.36. The highest BCUT2D eigenvalue weighted by molar-refractivity contribution is 5.31. The Bertz CT molecular complexity index is 430. The summed E-state index contributed by atoms with van der Waals surface area (Å²) in [5, 5.41) is 0. The Kier molecular flexibility index (Phi) is 5.38. The normalized spacial score (nSPS) is 24.4. The second kappa shape index (κ2) is 7.04. The van der Waals surface area contributed by atoms with Crippen molar-refractivity contribution in [1.29, 1.82) is 0 Å². The zero-order valence-corrected chi connectivity index (χ0v) is 12.4. The van der Waals surface area contributed by atoms with Crippen molar-refractivity contribution in [1.82, 2.24) is 5.43 Å². The SMILES string of the molecule is CCC1CCC(C(NN)c2ccc(OC)cc2F)CC1. The zero-order chi connectivity index (χ0) is 14.5. The third-order valence-corrected chi connectivity index (χ3v) is 4.66. The van der Waals surface area contributed by atoms with E-state index >= 15 is 0 Å². The maximum absolute atomic E-state index is 14.2. The van der Waals surface area contributed by atoms with Gasteiger partial charge in [0.1, 0.15) is 11.6 Å². The average molecular weight is 280 g/mol. The molecule has 1 unspecified atom stereocenters. The number of hydrogen-bond acceptors (Lipinski definition) is 3. The van der Waals surface area contributed by atoms with Gasteiger partial charge in [0.2, 0.25) is 0 Å². The second-order valence-corrected chi connectivity index (χ2v) is 5.72. The summed E-state index contributed by atoms with van der Waals surface area (Å²) in [5.74, 6) is 7.22. The van der Waals surface area contributed by atoms with Crippen molar-refractivity contribution >= 4 is 0 Å². The fourth-order valence-electron chi connectivity index (χ4n) is 3.30. The van der Waals surface area contributed by atoms with Gasteiger partial charge in [0.15, 0.2) is 0 Å². The molecule has 0 radical (unpaired) electrons. The molecule has 2 rings (SSSR count). The molecular formula is C16H25FN2O. The maximum Gasteiger partial charge on any atom is 0.131 e. The molecule has 112 valence electrons. The molecule has 3 nitrogen and oxygen atoms in total. The Morgan fingerprint density at radius 1 is 1.35 bits per heavy atom. The maximum atomic E-state index is 14.2. The van der Waals surface area contributed by atoms with Crippen LogP contribution in [0.15, 0.2) is 18.2 Å². The molecule has 1 aliphatic carbocycles. The number of hydrogen-bond donors (Lipinski definition) is 2. The van der Waals surface area contributed by atoms with Gasteiger partial charge in [-0.15, -0.1) is 0 Å². The van der Waals surface area contributed by atoms with Crippen LogP contribution in [-0.4, -0.2) is 7.11 Å². The van der Waals surface area contributed by atoms with Crippen LogP contribution in [0.1, 0.15) is 50.6 Å². The highest BCUT2D eigenvalue weighted by Gasteiger charge is 2.29. The molecule has 1 aliphatic rings. The molecule has 1 aromatic rings. The molecule has 0 heterocycles. The van der Waals surface area contributed by atoms with E-state index in [1.165, 1.54) is 25.3 Å². The van der Waals surface area contributed by atoms with Gasteiger partial charge in [-0.2, -0.15) is 0 Å². The van der Waals surface area contributed by atoms with Gasteiger partial charge in [0.05, 0.1) is 13.2 Å². The van der Waals surface area contributed by atoms with Crippen LogP contribution in [0.25, 0.3) is 0 Å². The predicted molar refractivity (Wildman–Crippen MR) is 78.8 cm³/mol. The summed E-state index contributed by atoms with van der Waals surface area (Å²) in [6, 6.07) is 4.89. The van der Waals surface area contributed by atoms with Crippen LogP contribution < -0.4 is 16.0 Å². The smallest absolute Gasteiger partial charge is 0.131 e. The standard InChI is InChI=1S/C16H25FN2O/c1-3-11-4-6-12(7-5-11)16(19-18)14-9-8-13(20-2)10-15(14)17/h8-12,16,19H,3-7,18H2,1-2H3. The molecule has 0 aromatic heterocycles. The monoisotopic (exact) mass is 280 g/mol. The summed E-state index contributed by atoms with van der Waals surface area (Å²) < 4.78 is 19.2. The lowest BCUT2D eigenvalue weighted by Gasteiger charge is -2.33. The van der Waals surface area contributed by atoms with Crippen molar-refractivity contribution in [2.45, 2.75) is 45.1 Å². The van der Waals surface area contributed by atoms with Crippen molar-refractivity contribution in [3.8, 4) is 5.75 Å². The van der Waals surface area contributed by atoms with Gasteiger partial charge in [0, 0.05) is 11.6 Å². The van der Waals surface area contributed by atoms with Gasteiger partial charge in [-0.25, -0.2) is 4.39 Å². The molecule has 0 spiro atoms. The Hall–Kier alpha value is -1.13.